The molecule has 0 aromatic heterocycles. The van der Waals surface area contributed by atoms with Gasteiger partial charge in [-0.15, -0.1) is 0 Å². The summed E-state index contributed by atoms with van der Waals surface area (Å²) in [7, 11) is 0. The van der Waals surface area contributed by atoms with Crippen LogP contribution in [0.15, 0.2) is 42.5 Å². The van der Waals surface area contributed by atoms with Crippen LogP contribution in [0.1, 0.15) is 49.3 Å². The Morgan fingerprint density at radius 3 is 2.58 bits per heavy atom. The lowest BCUT2D eigenvalue weighted by atomic mass is 9.76. The first kappa shape index (κ1) is 16.8. The number of phenolic OH excluding ortho intramolecular Hbond substituents is 1. The Bertz CT molecular complexity index is 863. The van der Waals surface area contributed by atoms with Crippen LogP contribution in [0.25, 0.3) is 0 Å². The van der Waals surface area contributed by atoms with Crippen LogP contribution < -0.4 is 15.4 Å². The van der Waals surface area contributed by atoms with Gasteiger partial charge in [-0.2, -0.15) is 0 Å². The number of hydrogen-bond donors (Lipinski definition) is 3. The summed E-state index contributed by atoms with van der Waals surface area (Å²) in [6.07, 6.45) is 1.27. The van der Waals surface area contributed by atoms with Gasteiger partial charge >= 0.3 is 6.03 Å². The van der Waals surface area contributed by atoms with Gasteiger partial charge in [-0.1, -0.05) is 30.3 Å². The molecule has 2 aromatic carbocycles. The number of carbonyl (C=O) groups excluding carboxylic acids is 1. The molecule has 26 heavy (non-hydrogen) atoms. The van der Waals surface area contributed by atoms with E-state index in [4.69, 9.17) is 4.74 Å². The van der Waals surface area contributed by atoms with E-state index in [0.717, 1.165) is 11.1 Å². The Hall–Kier alpha value is -2.69. The summed E-state index contributed by atoms with van der Waals surface area (Å²) in [6, 6.07) is 13.4. The van der Waals surface area contributed by atoms with Crippen molar-refractivity contribution in [3.05, 3.63) is 59.2 Å². The highest BCUT2D eigenvalue weighted by Gasteiger charge is 2.50. The third-order valence-electron chi connectivity index (χ3n) is 5.24. The van der Waals surface area contributed by atoms with Crippen molar-refractivity contribution in [2.24, 2.45) is 0 Å². The van der Waals surface area contributed by atoms with Gasteiger partial charge in [0.15, 0.2) is 5.72 Å². The molecular formula is C21H24N2O3. The number of urea groups is 1. The number of aryl methyl sites for hydroxylation is 1. The fourth-order valence-corrected chi connectivity index (χ4v) is 4.47. The zero-order valence-electron chi connectivity index (χ0n) is 15.3. The van der Waals surface area contributed by atoms with Crippen molar-refractivity contribution in [1.29, 1.82) is 0 Å². The first-order valence-electron chi connectivity index (χ1n) is 8.95. The predicted octanol–water partition coefficient (Wildman–Crippen LogP) is 3.79. The largest absolute Gasteiger partial charge is 0.508 e. The number of benzene rings is 2. The summed E-state index contributed by atoms with van der Waals surface area (Å²) < 4.78 is 6.35. The van der Waals surface area contributed by atoms with Gasteiger partial charge in [-0.3, -0.25) is 0 Å². The Labute approximate surface area is 153 Å². The van der Waals surface area contributed by atoms with Gasteiger partial charge in [-0.05, 0) is 38.0 Å². The topological polar surface area (TPSA) is 70.6 Å². The Morgan fingerprint density at radius 2 is 1.88 bits per heavy atom. The van der Waals surface area contributed by atoms with Gasteiger partial charge in [0.25, 0.3) is 0 Å². The second kappa shape index (κ2) is 5.66. The molecule has 2 amide bonds. The summed E-state index contributed by atoms with van der Waals surface area (Å²) in [5, 5.41) is 16.0. The normalized spacial score (nSPS) is 26.4. The number of carbonyl (C=O) groups is 1. The molecule has 0 bridgehead atoms. The van der Waals surface area contributed by atoms with Crippen molar-refractivity contribution in [1.82, 2.24) is 10.6 Å². The number of hydrogen-bond acceptors (Lipinski definition) is 3. The average molecular weight is 352 g/mol. The standard InChI is InChI=1S/C21H24N2O3/c1-13-9-15(24)10-17-18(13)16(14-7-5-4-6-8-14)11-21(26-17)12-20(2,3)22-19(25)23-21/h4-10,16,24H,11-12H2,1-3H3,(H2,22,23,25). The van der Waals surface area contributed by atoms with Crippen LogP contribution in [0, 0.1) is 6.92 Å². The third kappa shape index (κ3) is 2.87. The van der Waals surface area contributed by atoms with Gasteiger partial charge in [0.2, 0.25) is 0 Å². The van der Waals surface area contributed by atoms with Gasteiger partial charge in [0.05, 0.1) is 0 Å². The molecule has 5 heteroatoms. The minimum absolute atomic E-state index is 0.0785. The molecule has 5 nitrogen and oxygen atoms in total. The Kier molecular flexibility index (Phi) is 3.65. The maximum absolute atomic E-state index is 12.3. The zero-order chi connectivity index (χ0) is 18.5. The van der Waals surface area contributed by atoms with Crippen LogP contribution >= 0.6 is 0 Å². The van der Waals surface area contributed by atoms with Crippen LogP contribution in [-0.2, 0) is 0 Å². The number of rotatable bonds is 1. The molecule has 3 N–H and O–H groups in total. The number of nitrogens with one attached hydrogen (secondary N) is 2. The van der Waals surface area contributed by atoms with Crippen molar-refractivity contribution < 1.29 is 14.6 Å². The molecule has 1 fully saturated rings. The van der Waals surface area contributed by atoms with E-state index in [9.17, 15) is 9.90 Å². The van der Waals surface area contributed by atoms with E-state index < -0.39 is 5.72 Å². The minimum atomic E-state index is -0.806. The maximum atomic E-state index is 12.3. The highest BCUT2D eigenvalue weighted by atomic mass is 16.5. The molecule has 0 aliphatic carbocycles. The first-order chi connectivity index (χ1) is 12.3. The highest BCUT2D eigenvalue weighted by molar-refractivity contribution is 5.77. The SMILES string of the molecule is Cc1cc(O)cc2c1C(c1ccccc1)CC1(CC(C)(C)NC(=O)N1)O2. The summed E-state index contributed by atoms with van der Waals surface area (Å²) >= 11 is 0. The smallest absolute Gasteiger partial charge is 0.318 e. The predicted molar refractivity (Wildman–Crippen MR) is 99.5 cm³/mol. The molecule has 136 valence electrons. The summed E-state index contributed by atoms with van der Waals surface area (Å²) in [5.41, 5.74) is 2.05. The van der Waals surface area contributed by atoms with Gasteiger partial charge in [0, 0.05) is 35.9 Å². The second-order valence-corrected chi connectivity index (χ2v) is 8.08. The van der Waals surface area contributed by atoms with E-state index in [1.807, 2.05) is 39.0 Å². The minimum Gasteiger partial charge on any atom is -0.508 e. The van der Waals surface area contributed by atoms with Crippen molar-refractivity contribution in [2.45, 2.75) is 50.8 Å². The maximum Gasteiger partial charge on any atom is 0.318 e. The van der Waals surface area contributed by atoms with E-state index in [2.05, 4.69) is 22.8 Å². The van der Waals surface area contributed by atoms with Crippen LogP contribution in [0.3, 0.4) is 0 Å². The van der Waals surface area contributed by atoms with Crippen molar-refractivity contribution in [3.63, 3.8) is 0 Å². The number of aromatic hydroxyl groups is 1. The molecule has 1 saturated heterocycles. The number of fused-ring (bicyclic) bond motifs is 1. The van der Waals surface area contributed by atoms with Crippen LogP contribution in [0.4, 0.5) is 4.79 Å². The van der Waals surface area contributed by atoms with Crippen LogP contribution in [0.5, 0.6) is 11.5 Å². The molecule has 2 aliphatic rings. The fourth-order valence-electron chi connectivity index (χ4n) is 4.47. The number of amides is 2. The number of phenols is 1. The van der Waals surface area contributed by atoms with E-state index >= 15 is 0 Å². The summed E-state index contributed by atoms with van der Waals surface area (Å²) in [4.78, 5) is 12.3. The molecule has 2 atom stereocenters. The number of ether oxygens (including phenoxy) is 1. The van der Waals surface area contributed by atoms with Gasteiger partial charge < -0.3 is 20.5 Å². The molecule has 2 aliphatic heterocycles. The molecular weight excluding hydrogens is 328 g/mol. The molecule has 2 aromatic rings. The fraction of sp³-hybridized carbons (Fsp3) is 0.381. The van der Waals surface area contributed by atoms with E-state index in [1.165, 1.54) is 5.56 Å². The lowest BCUT2D eigenvalue weighted by Gasteiger charge is -2.49. The Morgan fingerprint density at radius 1 is 1.15 bits per heavy atom. The lowest BCUT2D eigenvalue weighted by Crippen LogP contribution is -2.69. The van der Waals surface area contributed by atoms with E-state index in [1.54, 1.807) is 12.1 Å². The van der Waals surface area contributed by atoms with Crippen molar-refractivity contribution in [3.8, 4) is 11.5 Å². The molecule has 4 rings (SSSR count). The van der Waals surface area contributed by atoms with Crippen LogP contribution in [-0.4, -0.2) is 22.4 Å². The first-order valence-corrected chi connectivity index (χ1v) is 8.95. The molecule has 0 radical (unpaired) electrons. The summed E-state index contributed by atoms with van der Waals surface area (Å²) in [5.74, 6) is 0.889. The van der Waals surface area contributed by atoms with Gasteiger partial charge in [-0.25, -0.2) is 4.79 Å². The molecule has 0 saturated carbocycles. The van der Waals surface area contributed by atoms with Crippen LogP contribution in [0.2, 0.25) is 0 Å². The Balaban J connectivity index is 1.86. The highest BCUT2D eigenvalue weighted by Crippen LogP contribution is 2.48. The summed E-state index contributed by atoms with van der Waals surface area (Å²) in [6.45, 7) is 5.98. The lowest BCUT2D eigenvalue weighted by molar-refractivity contribution is -0.0237. The van der Waals surface area contributed by atoms with Gasteiger partial charge in [0.1, 0.15) is 11.5 Å². The van der Waals surface area contributed by atoms with Crippen molar-refractivity contribution >= 4 is 6.03 Å². The second-order valence-electron chi connectivity index (χ2n) is 8.08. The average Bonchev–Trinajstić information content (AvgIpc) is 2.51. The monoisotopic (exact) mass is 352 g/mol. The van der Waals surface area contributed by atoms with Crippen molar-refractivity contribution in [2.75, 3.05) is 0 Å². The van der Waals surface area contributed by atoms with E-state index in [0.29, 0.717) is 18.6 Å². The van der Waals surface area contributed by atoms with E-state index in [-0.39, 0.29) is 23.2 Å². The zero-order valence-corrected chi connectivity index (χ0v) is 15.3. The quantitative estimate of drug-likeness (QED) is 0.731. The molecule has 2 unspecified atom stereocenters. The molecule has 2 heterocycles. The third-order valence-corrected chi connectivity index (χ3v) is 5.24. The molecule has 1 spiro atoms.